The Morgan fingerprint density at radius 1 is 1.19 bits per heavy atom. The number of halogens is 1. The first-order chi connectivity index (χ1) is 7.43. The van der Waals surface area contributed by atoms with Crippen molar-refractivity contribution in [3.8, 4) is 5.75 Å². The minimum Gasteiger partial charge on any atom is -0.470 e. The van der Waals surface area contributed by atoms with Gasteiger partial charge in [-0.05, 0) is 24.3 Å². The molecule has 0 aliphatic carbocycles. The van der Waals surface area contributed by atoms with Crippen LogP contribution in [0.1, 0.15) is 0 Å². The molecule has 3 nitrogen and oxygen atoms in total. The van der Waals surface area contributed by atoms with E-state index in [4.69, 9.17) is 4.74 Å². The van der Waals surface area contributed by atoms with Crippen LogP contribution in [-0.2, 0) is 0 Å². The molecule has 1 aromatic rings. The first-order valence-corrected chi connectivity index (χ1v) is 4.85. The van der Waals surface area contributed by atoms with E-state index in [-0.39, 0.29) is 12.4 Å². The number of allylic oxidation sites excluding steroid dienone is 2. The summed E-state index contributed by atoms with van der Waals surface area (Å²) in [6, 6.07) is 7.81. The molecular formula is C12H11ClN2O. The standard InChI is InChI=1S/C12H10N2O.ClH/c1-2-6-11-10(5-1)13-12-7-3-4-8-14(12)9-15-11;/h1-8H,9H2;1H. The fourth-order valence-corrected chi connectivity index (χ4v) is 1.61. The molecule has 0 saturated carbocycles. The summed E-state index contributed by atoms with van der Waals surface area (Å²) in [5.41, 5.74) is 0.884. The van der Waals surface area contributed by atoms with Crippen molar-refractivity contribution < 1.29 is 4.74 Å². The Kier molecular flexibility index (Phi) is 2.97. The van der Waals surface area contributed by atoms with Crippen molar-refractivity contribution in [1.29, 1.82) is 0 Å². The third kappa shape index (κ3) is 1.82. The second-order valence-electron chi connectivity index (χ2n) is 3.38. The van der Waals surface area contributed by atoms with Crippen molar-refractivity contribution in [2.24, 2.45) is 4.99 Å². The van der Waals surface area contributed by atoms with Gasteiger partial charge in [-0.25, -0.2) is 4.99 Å². The van der Waals surface area contributed by atoms with E-state index in [2.05, 4.69) is 4.99 Å². The molecule has 0 N–H and O–H groups in total. The van der Waals surface area contributed by atoms with Crippen LogP contribution in [0.4, 0.5) is 5.69 Å². The summed E-state index contributed by atoms with van der Waals surface area (Å²) in [6.45, 7) is 0.511. The summed E-state index contributed by atoms with van der Waals surface area (Å²) in [6.07, 6.45) is 7.89. The molecule has 82 valence electrons. The average molecular weight is 235 g/mol. The van der Waals surface area contributed by atoms with Crippen LogP contribution in [0.3, 0.4) is 0 Å². The number of benzene rings is 1. The van der Waals surface area contributed by atoms with Gasteiger partial charge in [0.05, 0.1) is 0 Å². The van der Waals surface area contributed by atoms with E-state index in [9.17, 15) is 0 Å². The zero-order valence-corrected chi connectivity index (χ0v) is 9.35. The van der Waals surface area contributed by atoms with Crippen LogP contribution in [0.2, 0.25) is 0 Å². The van der Waals surface area contributed by atoms with Crippen molar-refractivity contribution in [1.82, 2.24) is 4.90 Å². The Hall–Kier alpha value is -1.74. The molecular weight excluding hydrogens is 224 g/mol. The first kappa shape index (κ1) is 10.8. The van der Waals surface area contributed by atoms with Crippen LogP contribution in [0, 0.1) is 0 Å². The summed E-state index contributed by atoms with van der Waals surface area (Å²) in [7, 11) is 0. The van der Waals surface area contributed by atoms with Gasteiger partial charge < -0.3 is 4.74 Å². The minimum atomic E-state index is 0. The lowest BCUT2D eigenvalue weighted by atomic mass is 10.3. The molecule has 2 heterocycles. The van der Waals surface area contributed by atoms with Crippen molar-refractivity contribution in [3.63, 3.8) is 0 Å². The molecule has 0 spiro atoms. The van der Waals surface area contributed by atoms with Gasteiger partial charge in [-0.15, -0.1) is 12.4 Å². The van der Waals surface area contributed by atoms with Crippen LogP contribution < -0.4 is 4.74 Å². The van der Waals surface area contributed by atoms with Crippen molar-refractivity contribution >= 4 is 23.9 Å². The molecule has 0 fully saturated rings. The number of ether oxygens (including phenoxy) is 1. The molecule has 0 radical (unpaired) electrons. The van der Waals surface area contributed by atoms with Crippen LogP contribution >= 0.6 is 12.4 Å². The molecule has 0 unspecified atom stereocenters. The molecule has 0 bridgehead atoms. The van der Waals surface area contributed by atoms with Crippen LogP contribution in [0.25, 0.3) is 0 Å². The number of nitrogens with zero attached hydrogens (tertiary/aromatic N) is 2. The van der Waals surface area contributed by atoms with E-state index >= 15 is 0 Å². The van der Waals surface area contributed by atoms with Gasteiger partial charge in [-0.2, -0.15) is 0 Å². The third-order valence-electron chi connectivity index (χ3n) is 2.38. The summed E-state index contributed by atoms with van der Waals surface area (Å²) < 4.78 is 5.64. The number of hydrogen-bond acceptors (Lipinski definition) is 3. The van der Waals surface area contributed by atoms with E-state index < -0.39 is 0 Å². The monoisotopic (exact) mass is 234 g/mol. The van der Waals surface area contributed by atoms with Crippen LogP contribution in [-0.4, -0.2) is 17.5 Å². The van der Waals surface area contributed by atoms with Crippen LogP contribution in [0.15, 0.2) is 53.7 Å². The van der Waals surface area contributed by atoms with E-state index in [1.807, 2.05) is 53.6 Å². The maximum atomic E-state index is 5.64. The highest BCUT2D eigenvalue weighted by molar-refractivity contribution is 5.97. The Bertz CT molecular complexity index is 480. The molecule has 0 aromatic heterocycles. The zero-order valence-electron chi connectivity index (χ0n) is 8.54. The van der Waals surface area contributed by atoms with Crippen molar-refractivity contribution in [3.05, 3.63) is 48.7 Å². The molecule has 0 atom stereocenters. The predicted molar refractivity (Wildman–Crippen MR) is 66.4 cm³/mol. The number of aliphatic imine (C=N–C) groups is 1. The number of fused-ring (bicyclic) bond motifs is 2. The molecule has 1 aromatic carbocycles. The highest BCUT2D eigenvalue weighted by Crippen LogP contribution is 2.30. The maximum absolute atomic E-state index is 5.64. The topological polar surface area (TPSA) is 24.8 Å². The summed E-state index contributed by atoms with van der Waals surface area (Å²) in [5.74, 6) is 1.75. The summed E-state index contributed by atoms with van der Waals surface area (Å²) >= 11 is 0. The summed E-state index contributed by atoms with van der Waals surface area (Å²) in [5, 5.41) is 0. The van der Waals surface area contributed by atoms with Gasteiger partial charge in [0.1, 0.15) is 17.3 Å². The molecule has 0 amide bonds. The van der Waals surface area contributed by atoms with Crippen LogP contribution in [0.5, 0.6) is 5.75 Å². The average Bonchev–Trinajstić information content (AvgIpc) is 2.48. The van der Waals surface area contributed by atoms with Gasteiger partial charge in [-0.3, -0.25) is 4.90 Å². The Labute approximate surface area is 100 Å². The van der Waals surface area contributed by atoms with Gasteiger partial charge >= 0.3 is 0 Å². The normalized spacial score (nSPS) is 16.2. The Morgan fingerprint density at radius 2 is 2.06 bits per heavy atom. The Morgan fingerprint density at radius 3 is 3.00 bits per heavy atom. The van der Waals surface area contributed by atoms with Gasteiger partial charge in [0.2, 0.25) is 0 Å². The number of rotatable bonds is 0. The van der Waals surface area contributed by atoms with Gasteiger partial charge in [0, 0.05) is 6.20 Å². The highest BCUT2D eigenvalue weighted by atomic mass is 35.5. The molecule has 4 heteroatoms. The lowest BCUT2D eigenvalue weighted by Crippen LogP contribution is -2.28. The number of hydrogen-bond donors (Lipinski definition) is 0. The lowest BCUT2D eigenvalue weighted by Gasteiger charge is -2.19. The zero-order chi connectivity index (χ0) is 10.1. The quantitative estimate of drug-likeness (QED) is 0.690. The second kappa shape index (κ2) is 4.41. The molecule has 3 rings (SSSR count). The van der Waals surface area contributed by atoms with Gasteiger partial charge in [0.25, 0.3) is 0 Å². The fourth-order valence-electron chi connectivity index (χ4n) is 1.61. The Balaban J connectivity index is 0.000000963. The first-order valence-electron chi connectivity index (χ1n) is 4.85. The molecule has 2 aliphatic heterocycles. The summed E-state index contributed by atoms with van der Waals surface area (Å²) in [4.78, 5) is 6.51. The lowest BCUT2D eigenvalue weighted by molar-refractivity contribution is 0.234. The van der Waals surface area contributed by atoms with Crippen molar-refractivity contribution in [2.75, 3.05) is 6.73 Å². The third-order valence-corrected chi connectivity index (χ3v) is 2.38. The van der Waals surface area contributed by atoms with E-state index in [1.165, 1.54) is 0 Å². The largest absolute Gasteiger partial charge is 0.470 e. The molecule has 16 heavy (non-hydrogen) atoms. The molecule has 0 saturated heterocycles. The highest BCUT2D eigenvalue weighted by Gasteiger charge is 2.14. The van der Waals surface area contributed by atoms with E-state index in [0.29, 0.717) is 6.73 Å². The SMILES string of the molecule is C1=CC2=Nc3ccccc3OCN2C=C1.Cl. The molecule has 2 aliphatic rings. The van der Waals surface area contributed by atoms with E-state index in [0.717, 1.165) is 17.3 Å². The maximum Gasteiger partial charge on any atom is 0.166 e. The van der Waals surface area contributed by atoms with Crippen molar-refractivity contribution in [2.45, 2.75) is 0 Å². The second-order valence-corrected chi connectivity index (χ2v) is 3.38. The number of para-hydroxylation sites is 2. The van der Waals surface area contributed by atoms with Gasteiger partial charge in [0.15, 0.2) is 6.73 Å². The predicted octanol–water partition coefficient (Wildman–Crippen LogP) is 2.87. The fraction of sp³-hybridized carbons (Fsp3) is 0.0833. The minimum absolute atomic E-state index is 0. The van der Waals surface area contributed by atoms with E-state index in [1.54, 1.807) is 0 Å². The van der Waals surface area contributed by atoms with Gasteiger partial charge in [-0.1, -0.05) is 18.2 Å². The number of amidine groups is 1. The smallest absolute Gasteiger partial charge is 0.166 e.